The standard InChI is InChI=1S/C23H30N4O3/c1-15-18(8-11-24(15)2)22(29)26-13-16-12-17(14-26)21(23(30)25-9-3-4-10-25)27-19(16)6-5-7-20(27)28/h3-4,8,11,16-17,19,21H,5-7,9-10,12-14H2,1-2H3/t16-,17+,19-,21+/m0/s1. The van der Waals surface area contributed by atoms with Crippen molar-refractivity contribution in [2.45, 2.75) is 44.7 Å². The number of carbonyl (C=O) groups excluding carboxylic acids is 3. The van der Waals surface area contributed by atoms with E-state index in [0.717, 1.165) is 30.5 Å². The van der Waals surface area contributed by atoms with Crippen LogP contribution in [0.5, 0.6) is 0 Å². The van der Waals surface area contributed by atoms with E-state index in [1.54, 1.807) is 0 Å². The Bertz CT molecular complexity index is 912. The molecule has 3 fully saturated rings. The first kappa shape index (κ1) is 19.4. The summed E-state index contributed by atoms with van der Waals surface area (Å²) in [6.07, 6.45) is 9.19. The number of hydrogen-bond acceptors (Lipinski definition) is 3. The summed E-state index contributed by atoms with van der Waals surface area (Å²) in [5.74, 6) is 0.469. The molecule has 4 aliphatic rings. The number of hydrogen-bond donors (Lipinski definition) is 0. The summed E-state index contributed by atoms with van der Waals surface area (Å²) in [6.45, 7) is 4.41. The maximum absolute atomic E-state index is 13.5. The highest BCUT2D eigenvalue weighted by molar-refractivity contribution is 5.96. The van der Waals surface area contributed by atoms with Crippen molar-refractivity contribution in [3.05, 3.63) is 35.7 Å². The first-order valence-corrected chi connectivity index (χ1v) is 11.1. The van der Waals surface area contributed by atoms with Crippen LogP contribution in [-0.2, 0) is 16.6 Å². The largest absolute Gasteiger partial charge is 0.354 e. The highest BCUT2D eigenvalue weighted by Crippen LogP contribution is 2.42. The zero-order chi connectivity index (χ0) is 21.0. The fourth-order valence-corrected chi connectivity index (χ4v) is 5.99. The third-order valence-corrected chi connectivity index (χ3v) is 7.63. The minimum Gasteiger partial charge on any atom is -0.354 e. The SMILES string of the molecule is Cc1c(C(=O)N2C[C@@H]3C[C@H](C2)[C@H](C(=O)N2CC=CC2)N2C(=O)CCC[C@@H]32)ccn1C. The molecule has 0 radical (unpaired) electrons. The van der Waals surface area contributed by atoms with Crippen LogP contribution in [-0.4, -0.2) is 75.3 Å². The number of nitrogens with zero attached hydrogens (tertiary/aromatic N) is 4. The fraction of sp³-hybridized carbons (Fsp3) is 0.609. The molecule has 3 amide bonds. The van der Waals surface area contributed by atoms with E-state index in [2.05, 4.69) is 0 Å². The Balaban J connectivity index is 1.46. The zero-order valence-electron chi connectivity index (χ0n) is 17.8. The lowest BCUT2D eigenvalue weighted by Gasteiger charge is -2.56. The smallest absolute Gasteiger partial charge is 0.255 e. The van der Waals surface area contributed by atoms with Gasteiger partial charge in [-0.15, -0.1) is 0 Å². The van der Waals surface area contributed by atoms with Crippen molar-refractivity contribution in [2.75, 3.05) is 26.2 Å². The van der Waals surface area contributed by atoms with Crippen LogP contribution in [0.1, 0.15) is 41.7 Å². The van der Waals surface area contributed by atoms with Gasteiger partial charge in [0.15, 0.2) is 0 Å². The number of amides is 3. The van der Waals surface area contributed by atoms with Gasteiger partial charge in [0.2, 0.25) is 11.8 Å². The molecule has 0 aromatic carbocycles. The molecule has 1 aromatic rings. The number of rotatable bonds is 2. The summed E-state index contributed by atoms with van der Waals surface area (Å²) in [5, 5.41) is 0. The number of aromatic nitrogens is 1. The van der Waals surface area contributed by atoms with Crippen molar-refractivity contribution in [3.63, 3.8) is 0 Å². The second-order valence-electron chi connectivity index (χ2n) is 9.31. The predicted molar refractivity (Wildman–Crippen MR) is 112 cm³/mol. The van der Waals surface area contributed by atoms with Gasteiger partial charge < -0.3 is 19.3 Å². The second kappa shape index (κ2) is 7.29. The monoisotopic (exact) mass is 410 g/mol. The Morgan fingerprint density at radius 1 is 1.07 bits per heavy atom. The molecule has 160 valence electrons. The van der Waals surface area contributed by atoms with Crippen LogP contribution in [0.15, 0.2) is 24.4 Å². The minimum atomic E-state index is -0.438. The van der Waals surface area contributed by atoms with Crippen LogP contribution in [0.2, 0.25) is 0 Å². The first-order chi connectivity index (χ1) is 14.5. The van der Waals surface area contributed by atoms with Gasteiger partial charge in [0.25, 0.3) is 5.91 Å². The first-order valence-electron chi connectivity index (χ1n) is 11.1. The van der Waals surface area contributed by atoms with Gasteiger partial charge in [0.1, 0.15) is 6.04 Å². The molecule has 7 heteroatoms. The molecule has 1 aromatic heterocycles. The number of likely N-dealkylation sites (tertiary alicyclic amines) is 1. The molecule has 0 spiro atoms. The number of carbonyl (C=O) groups is 3. The van der Waals surface area contributed by atoms with E-state index in [9.17, 15) is 14.4 Å². The van der Waals surface area contributed by atoms with E-state index >= 15 is 0 Å². The summed E-state index contributed by atoms with van der Waals surface area (Å²) >= 11 is 0. The second-order valence-corrected chi connectivity index (χ2v) is 9.31. The van der Waals surface area contributed by atoms with Gasteiger partial charge in [-0.3, -0.25) is 14.4 Å². The predicted octanol–water partition coefficient (Wildman–Crippen LogP) is 1.57. The van der Waals surface area contributed by atoms with Gasteiger partial charge >= 0.3 is 0 Å². The van der Waals surface area contributed by atoms with Gasteiger partial charge in [-0.1, -0.05) is 12.2 Å². The van der Waals surface area contributed by atoms with Crippen LogP contribution < -0.4 is 0 Å². The molecule has 0 saturated carbocycles. The van der Waals surface area contributed by atoms with E-state index < -0.39 is 6.04 Å². The average Bonchev–Trinajstić information content (AvgIpc) is 3.39. The molecule has 5 rings (SSSR count). The topological polar surface area (TPSA) is 65.9 Å². The van der Waals surface area contributed by atoms with Crippen molar-refractivity contribution < 1.29 is 14.4 Å². The molecule has 4 aliphatic heterocycles. The van der Waals surface area contributed by atoms with Crippen molar-refractivity contribution in [2.24, 2.45) is 18.9 Å². The Hall–Kier alpha value is -2.57. The molecule has 7 nitrogen and oxygen atoms in total. The van der Waals surface area contributed by atoms with E-state index in [4.69, 9.17) is 0 Å². The molecular formula is C23H30N4O3. The zero-order valence-corrected chi connectivity index (χ0v) is 17.8. The lowest BCUT2D eigenvalue weighted by atomic mass is 9.71. The van der Waals surface area contributed by atoms with Gasteiger partial charge in [-0.2, -0.15) is 0 Å². The lowest BCUT2D eigenvalue weighted by molar-refractivity contribution is -0.163. The molecule has 0 aliphatic carbocycles. The Kier molecular flexibility index (Phi) is 4.71. The van der Waals surface area contributed by atoms with Crippen LogP contribution in [0.25, 0.3) is 0 Å². The number of fused-ring (bicyclic) bond motifs is 4. The van der Waals surface area contributed by atoms with E-state index in [1.165, 1.54) is 0 Å². The minimum absolute atomic E-state index is 0.00289. The summed E-state index contributed by atoms with van der Waals surface area (Å²) in [5.41, 5.74) is 1.70. The van der Waals surface area contributed by atoms with E-state index in [-0.39, 0.29) is 35.6 Å². The number of aryl methyl sites for hydroxylation is 1. The van der Waals surface area contributed by atoms with E-state index in [1.807, 2.05) is 57.7 Å². The molecule has 2 bridgehead atoms. The highest BCUT2D eigenvalue weighted by Gasteiger charge is 2.53. The molecule has 30 heavy (non-hydrogen) atoms. The van der Waals surface area contributed by atoms with Gasteiger partial charge in [0, 0.05) is 63.5 Å². The Labute approximate surface area is 177 Å². The van der Waals surface area contributed by atoms with Gasteiger partial charge in [0.05, 0.1) is 5.56 Å². The van der Waals surface area contributed by atoms with Crippen LogP contribution in [0, 0.1) is 18.8 Å². The molecular weight excluding hydrogens is 380 g/mol. The molecule has 3 saturated heterocycles. The highest BCUT2D eigenvalue weighted by atomic mass is 16.2. The molecule has 5 heterocycles. The van der Waals surface area contributed by atoms with Crippen molar-refractivity contribution >= 4 is 17.7 Å². The van der Waals surface area contributed by atoms with Crippen molar-refractivity contribution in [3.8, 4) is 0 Å². The van der Waals surface area contributed by atoms with Crippen LogP contribution >= 0.6 is 0 Å². The lowest BCUT2D eigenvalue weighted by Crippen LogP contribution is -2.68. The Morgan fingerprint density at radius 2 is 1.80 bits per heavy atom. The third-order valence-electron chi connectivity index (χ3n) is 7.63. The van der Waals surface area contributed by atoms with Crippen molar-refractivity contribution in [1.82, 2.24) is 19.3 Å². The van der Waals surface area contributed by atoms with Crippen LogP contribution in [0.4, 0.5) is 0 Å². The summed E-state index contributed by atoms with van der Waals surface area (Å²) in [6, 6.07) is 1.52. The Morgan fingerprint density at radius 3 is 2.50 bits per heavy atom. The average molecular weight is 411 g/mol. The van der Waals surface area contributed by atoms with Crippen molar-refractivity contribution in [1.29, 1.82) is 0 Å². The maximum Gasteiger partial charge on any atom is 0.255 e. The molecule has 4 atom stereocenters. The number of piperidine rings is 3. The molecule has 0 unspecified atom stereocenters. The summed E-state index contributed by atoms with van der Waals surface area (Å²) < 4.78 is 1.96. The van der Waals surface area contributed by atoms with Gasteiger partial charge in [-0.25, -0.2) is 0 Å². The van der Waals surface area contributed by atoms with E-state index in [0.29, 0.717) is 32.6 Å². The third kappa shape index (κ3) is 2.97. The molecule has 0 N–H and O–H groups in total. The maximum atomic E-state index is 13.5. The quantitative estimate of drug-likeness (QED) is 0.696. The van der Waals surface area contributed by atoms with Gasteiger partial charge in [-0.05, 0) is 38.2 Å². The summed E-state index contributed by atoms with van der Waals surface area (Å²) in [4.78, 5) is 45.5. The summed E-state index contributed by atoms with van der Waals surface area (Å²) in [7, 11) is 1.95. The fourth-order valence-electron chi connectivity index (χ4n) is 5.99. The van der Waals surface area contributed by atoms with Crippen LogP contribution in [0.3, 0.4) is 0 Å². The normalized spacial score (nSPS) is 30.6.